The molecule has 15 heteroatoms. The van der Waals surface area contributed by atoms with Gasteiger partial charge in [0.25, 0.3) is 0 Å². The Morgan fingerprint density at radius 3 is 1.00 bits per heavy atom. The fraction of sp³-hybridized carbons (Fsp3) is 0. The van der Waals surface area contributed by atoms with Crippen LogP contribution in [0.1, 0.15) is 0 Å². The van der Waals surface area contributed by atoms with Crippen molar-refractivity contribution in [2.24, 2.45) is 0 Å². The maximum Gasteiger partial charge on any atom is -0.000000593 e. The Morgan fingerprint density at radius 1 is 0.667 bits per heavy atom. The van der Waals surface area contributed by atoms with Crippen LogP contribution in [0.2, 0.25) is 0 Å². The lowest BCUT2D eigenvalue weighted by Gasteiger charge is -1.94. The van der Waals surface area contributed by atoms with Crippen molar-refractivity contribution >= 4 is 36.3 Å². The highest BCUT2D eigenvalue weighted by atomic mass is 16.2. The van der Waals surface area contributed by atoms with Gasteiger partial charge in [0.1, 0.15) is 0 Å². The van der Waals surface area contributed by atoms with Gasteiger partial charge in [-0.3, -0.25) is 0 Å². The summed E-state index contributed by atoms with van der Waals surface area (Å²) in [7, 11) is 9.60. The highest BCUT2D eigenvalue weighted by Crippen LogP contribution is 1.40. The summed E-state index contributed by atoms with van der Waals surface area (Å²) in [6.07, 6.45) is 0. The van der Waals surface area contributed by atoms with Gasteiger partial charge in [0.2, 0.25) is 0 Å². The molecule has 0 unspecified atom stereocenters. The van der Waals surface area contributed by atoms with E-state index >= 15 is 0 Å². The molecule has 6 radical (unpaired) electrons. The fourth-order valence-corrected chi connectivity index (χ4v) is 0.110. The van der Waals surface area contributed by atoms with Gasteiger partial charge in [-0.05, 0) is 28.9 Å². The molecule has 0 fully saturated rings. The molecule has 0 spiro atoms. The van der Waals surface area contributed by atoms with E-state index in [1.54, 1.807) is 0 Å². The van der Waals surface area contributed by atoms with Crippen LogP contribution >= 0.6 is 0 Å². The van der Waals surface area contributed by atoms with E-state index in [0.717, 1.165) is 0 Å². The van der Waals surface area contributed by atoms with Crippen molar-refractivity contribution in [3.8, 4) is 0 Å². The zero-order valence-corrected chi connectivity index (χ0v) is 8.29. The van der Waals surface area contributed by atoms with Crippen LogP contribution < -0.4 is 11.2 Å². The molecule has 0 aromatic rings. The van der Waals surface area contributed by atoms with E-state index in [4.69, 9.17) is 7.74 Å². The molecule has 0 saturated carbocycles. The van der Waals surface area contributed by atoms with Gasteiger partial charge in [-0.15, -0.1) is 0 Å². The summed E-state index contributed by atoms with van der Waals surface area (Å²) >= 11 is 0. The third-order valence-electron chi connectivity index (χ3n) is 0.301. The standard InChI is InChI=1S/B5O.H3N.8H2O/c1-2-3-4-5-6;;;;;;;;;/h;1H3;8*1H2/q-1;;;;;;;;;/p+1. The van der Waals surface area contributed by atoms with Crippen LogP contribution in [-0.4, -0.2) is 80.1 Å². The van der Waals surface area contributed by atoms with Crippen LogP contribution in [0.25, 0.3) is 0 Å². The Morgan fingerprint density at radius 2 is 0.933 bits per heavy atom. The van der Waals surface area contributed by atoms with Crippen molar-refractivity contribution in [1.29, 1.82) is 0 Å². The van der Waals surface area contributed by atoms with Gasteiger partial charge in [-0.25, -0.2) is 0 Å². The molecule has 94 valence electrons. The Balaban J connectivity index is -0.00000000347. The van der Waals surface area contributed by atoms with Gasteiger partial charge < -0.3 is 55.0 Å². The zero-order chi connectivity index (χ0) is 4.83. The van der Waals surface area contributed by atoms with E-state index in [1.165, 1.54) is 21.2 Å². The molecule has 0 saturated heterocycles. The van der Waals surface area contributed by atoms with Gasteiger partial charge in [0.05, 0.1) is 0 Å². The lowest BCUT2D eigenvalue weighted by molar-refractivity contribution is -0.174. The van der Waals surface area contributed by atoms with Crippen LogP contribution in [0.15, 0.2) is 0 Å². The Bertz CT molecular complexity index is 30.5. The SMILES string of the molecule is O.O.O.O.O.O.O.O.[B][B][B][B][B][O-].[NH4+]. The topological polar surface area (TPSA) is 312 Å². The quantitative estimate of drug-likeness (QED) is 0.359. The summed E-state index contributed by atoms with van der Waals surface area (Å²) in [6, 6.07) is 0. The Hall–Kier alpha value is -0.0753. The largest absolute Gasteiger partial charge is 0.891 e. The van der Waals surface area contributed by atoms with Crippen LogP contribution in [0.4, 0.5) is 0 Å². The monoisotopic (exact) mass is 233 g/mol. The lowest BCUT2D eigenvalue weighted by atomic mass is 9.07. The maximum absolute atomic E-state index is 9.40. The molecule has 20 N–H and O–H groups in total. The first kappa shape index (κ1) is 119. The number of hydrogen-bond donors (Lipinski definition) is 1. The third-order valence-corrected chi connectivity index (χ3v) is 0.301. The van der Waals surface area contributed by atoms with Gasteiger partial charge in [0, 0.05) is 0 Å². The molecule has 0 amide bonds. The molecule has 0 aromatic carbocycles. The number of quaternary nitrogens is 1. The van der Waals surface area contributed by atoms with Crippen molar-refractivity contribution in [3.63, 3.8) is 0 Å². The summed E-state index contributed by atoms with van der Waals surface area (Å²) in [5.74, 6) is 0. The Labute approximate surface area is 92.2 Å². The maximum atomic E-state index is 9.40. The van der Waals surface area contributed by atoms with E-state index in [0.29, 0.717) is 7.37 Å². The highest BCUT2D eigenvalue weighted by Gasteiger charge is 1.76. The normalized spacial score (nSPS) is 2.47. The summed E-state index contributed by atoms with van der Waals surface area (Å²) in [5.41, 5.74) is 0. The zero-order valence-electron chi connectivity index (χ0n) is 8.29. The summed E-state index contributed by atoms with van der Waals surface area (Å²) in [5, 5.41) is 9.40. The van der Waals surface area contributed by atoms with Crippen LogP contribution in [-0.2, 0) is 0 Å². The molecule has 0 aromatic heterocycles. The number of hydrogen-bond acceptors (Lipinski definition) is 1. The van der Waals surface area contributed by atoms with E-state index in [9.17, 15) is 5.02 Å². The molecular formula is H20B5NO9. The Kier molecular flexibility index (Phi) is 1200. The minimum Gasteiger partial charge on any atom is -0.891 e. The molecule has 10 nitrogen and oxygen atoms in total. The predicted octanol–water partition coefficient (Wildman–Crippen LogP) is -9.31. The first-order valence-corrected chi connectivity index (χ1v) is 1.57. The second-order valence-electron chi connectivity index (χ2n) is 0.713. The molecule has 0 aliphatic carbocycles. The van der Waals surface area contributed by atoms with Crippen molar-refractivity contribution in [3.05, 3.63) is 0 Å². The molecule has 0 heterocycles. The number of rotatable bonds is 3. The van der Waals surface area contributed by atoms with Gasteiger partial charge in [-0.2, -0.15) is 0 Å². The first-order chi connectivity index (χ1) is 2.91. The molecule has 15 heavy (non-hydrogen) atoms. The first-order valence-electron chi connectivity index (χ1n) is 1.57. The van der Waals surface area contributed by atoms with Crippen molar-refractivity contribution in [2.45, 2.75) is 0 Å². The third kappa shape index (κ3) is 231. The van der Waals surface area contributed by atoms with Gasteiger partial charge in [-0.1, -0.05) is 7.37 Å². The minimum absolute atomic E-state index is 0. The predicted molar refractivity (Wildman–Crippen MR) is 63.7 cm³/mol. The van der Waals surface area contributed by atoms with Crippen molar-refractivity contribution in [2.75, 3.05) is 0 Å². The van der Waals surface area contributed by atoms with Crippen molar-refractivity contribution in [1.82, 2.24) is 6.15 Å². The van der Waals surface area contributed by atoms with E-state index in [2.05, 4.69) is 0 Å². The smallest absolute Gasteiger partial charge is 0.000000593 e. The van der Waals surface area contributed by atoms with Gasteiger partial charge >= 0.3 is 0 Å². The van der Waals surface area contributed by atoms with E-state index in [-0.39, 0.29) is 50.0 Å². The second kappa shape index (κ2) is 151. The average molecular weight is 232 g/mol. The molecular weight excluding hydrogens is 212 g/mol. The highest BCUT2D eigenvalue weighted by molar-refractivity contribution is 7.50. The molecule has 0 atom stereocenters. The summed E-state index contributed by atoms with van der Waals surface area (Å²) in [4.78, 5) is 0. The van der Waals surface area contributed by atoms with E-state index < -0.39 is 0 Å². The van der Waals surface area contributed by atoms with Crippen molar-refractivity contribution < 1.29 is 48.8 Å². The van der Waals surface area contributed by atoms with Gasteiger partial charge in [0.15, 0.2) is 0 Å². The minimum atomic E-state index is 0. The molecule has 0 bridgehead atoms. The summed E-state index contributed by atoms with van der Waals surface area (Å²) < 4.78 is 0. The lowest BCUT2D eigenvalue weighted by Crippen LogP contribution is -2.27. The second-order valence-corrected chi connectivity index (χ2v) is 0.713. The summed E-state index contributed by atoms with van der Waals surface area (Å²) in [6.45, 7) is 0. The van der Waals surface area contributed by atoms with Crippen LogP contribution in [0.5, 0.6) is 0 Å². The van der Waals surface area contributed by atoms with Crippen LogP contribution in [0, 0.1) is 0 Å². The van der Waals surface area contributed by atoms with Crippen LogP contribution in [0.3, 0.4) is 0 Å². The van der Waals surface area contributed by atoms with E-state index in [1.807, 2.05) is 0 Å². The fourth-order valence-electron chi connectivity index (χ4n) is 0.110. The molecule has 0 aliphatic rings. The molecule has 0 rings (SSSR count). The average Bonchev–Trinajstić information content (AvgIpc) is 1.61. The molecule has 0 aliphatic heterocycles.